The monoisotopic (exact) mass is 259 g/mol. The normalized spacial score (nSPS) is 12.3. The molecule has 0 saturated carbocycles. The number of aromatic nitrogens is 2. The molecule has 102 valence electrons. The Morgan fingerprint density at radius 3 is 2.68 bits per heavy atom. The van der Waals surface area contributed by atoms with E-state index < -0.39 is 0 Å². The molecule has 0 aliphatic heterocycles. The fourth-order valence-corrected chi connectivity index (χ4v) is 2.23. The van der Waals surface area contributed by atoms with Crippen molar-refractivity contribution in [3.8, 4) is 0 Å². The van der Waals surface area contributed by atoms with Crippen molar-refractivity contribution in [1.29, 1.82) is 0 Å². The Morgan fingerprint density at radius 1 is 1.32 bits per heavy atom. The van der Waals surface area contributed by atoms with Gasteiger partial charge in [-0.05, 0) is 18.6 Å². The first-order chi connectivity index (χ1) is 9.35. The molecule has 0 aliphatic carbocycles. The van der Waals surface area contributed by atoms with E-state index in [1.54, 1.807) is 13.4 Å². The van der Waals surface area contributed by atoms with Crippen molar-refractivity contribution in [2.24, 2.45) is 0 Å². The van der Waals surface area contributed by atoms with Crippen LogP contribution in [0.25, 0.3) is 0 Å². The molecular formula is C15H21N3O. The Morgan fingerprint density at radius 2 is 2.11 bits per heavy atom. The zero-order chi connectivity index (χ0) is 13.5. The molecule has 0 radical (unpaired) electrons. The number of rotatable bonds is 7. The van der Waals surface area contributed by atoms with E-state index in [-0.39, 0.29) is 0 Å². The van der Waals surface area contributed by atoms with Crippen LogP contribution < -0.4 is 4.90 Å². The van der Waals surface area contributed by atoms with E-state index in [0.717, 1.165) is 25.3 Å². The average Bonchev–Trinajstić information content (AvgIpc) is 2.96. The molecule has 0 amide bonds. The van der Waals surface area contributed by atoms with Gasteiger partial charge in [-0.1, -0.05) is 25.1 Å². The molecule has 1 N–H and O–H groups in total. The molecule has 1 unspecified atom stereocenters. The molecule has 0 saturated heterocycles. The van der Waals surface area contributed by atoms with Gasteiger partial charge in [-0.15, -0.1) is 0 Å². The van der Waals surface area contributed by atoms with Gasteiger partial charge in [0.15, 0.2) is 0 Å². The molecule has 2 aromatic rings. The highest BCUT2D eigenvalue weighted by molar-refractivity contribution is 5.47. The van der Waals surface area contributed by atoms with E-state index in [9.17, 15) is 0 Å². The van der Waals surface area contributed by atoms with Gasteiger partial charge in [0.05, 0.1) is 31.2 Å². The first-order valence-corrected chi connectivity index (χ1v) is 6.63. The number of aromatic amines is 1. The third-order valence-electron chi connectivity index (χ3n) is 3.25. The first-order valence-electron chi connectivity index (χ1n) is 6.63. The third kappa shape index (κ3) is 3.58. The van der Waals surface area contributed by atoms with Gasteiger partial charge in [-0.2, -0.15) is 0 Å². The maximum absolute atomic E-state index is 5.35. The van der Waals surface area contributed by atoms with Crippen LogP contribution in [-0.2, 0) is 11.3 Å². The number of hydrogen-bond acceptors (Lipinski definition) is 3. The summed E-state index contributed by atoms with van der Waals surface area (Å²) in [4.78, 5) is 9.61. The number of imidazole rings is 1. The molecule has 4 heteroatoms. The van der Waals surface area contributed by atoms with Crippen molar-refractivity contribution in [3.05, 3.63) is 48.5 Å². The van der Waals surface area contributed by atoms with Crippen molar-refractivity contribution < 1.29 is 4.74 Å². The van der Waals surface area contributed by atoms with E-state index in [0.29, 0.717) is 6.04 Å². The maximum atomic E-state index is 5.35. The summed E-state index contributed by atoms with van der Waals surface area (Å²) < 4.78 is 5.35. The zero-order valence-corrected chi connectivity index (χ0v) is 11.5. The minimum absolute atomic E-state index is 0.357. The summed E-state index contributed by atoms with van der Waals surface area (Å²) >= 11 is 0. The highest BCUT2D eigenvalue weighted by atomic mass is 16.5. The lowest BCUT2D eigenvalue weighted by molar-refractivity contribution is 0.174. The average molecular weight is 259 g/mol. The zero-order valence-electron chi connectivity index (χ0n) is 11.5. The van der Waals surface area contributed by atoms with Crippen LogP contribution >= 0.6 is 0 Å². The number of para-hydroxylation sites is 1. The number of ether oxygens (including phenoxy) is 1. The Labute approximate surface area is 114 Å². The Bertz CT molecular complexity index is 456. The summed E-state index contributed by atoms with van der Waals surface area (Å²) in [5.41, 5.74) is 2.32. The standard InChI is InChI=1S/C15H21N3O/c1-3-14(11-19-2)18(10-13-9-16-12-17-13)15-7-5-4-6-8-15/h4-9,12,14H,3,10-11H2,1-2H3,(H,16,17). The third-order valence-corrected chi connectivity index (χ3v) is 3.25. The minimum atomic E-state index is 0.357. The minimum Gasteiger partial charge on any atom is -0.383 e. The van der Waals surface area contributed by atoms with E-state index in [2.05, 4.69) is 46.1 Å². The summed E-state index contributed by atoms with van der Waals surface area (Å²) in [6.45, 7) is 3.72. The molecule has 1 aromatic heterocycles. The molecular weight excluding hydrogens is 238 g/mol. The summed E-state index contributed by atoms with van der Waals surface area (Å²) in [6, 6.07) is 10.8. The quantitative estimate of drug-likeness (QED) is 0.831. The number of nitrogens with zero attached hydrogens (tertiary/aromatic N) is 2. The van der Waals surface area contributed by atoms with E-state index >= 15 is 0 Å². The van der Waals surface area contributed by atoms with Crippen molar-refractivity contribution in [2.75, 3.05) is 18.6 Å². The molecule has 4 nitrogen and oxygen atoms in total. The van der Waals surface area contributed by atoms with Crippen LogP contribution in [-0.4, -0.2) is 29.7 Å². The smallest absolute Gasteiger partial charge is 0.0922 e. The van der Waals surface area contributed by atoms with E-state index in [1.165, 1.54) is 5.69 Å². The fourth-order valence-electron chi connectivity index (χ4n) is 2.23. The van der Waals surface area contributed by atoms with Gasteiger partial charge < -0.3 is 14.6 Å². The highest BCUT2D eigenvalue weighted by Gasteiger charge is 2.18. The number of anilines is 1. The molecule has 0 bridgehead atoms. The van der Waals surface area contributed by atoms with Gasteiger partial charge in [0, 0.05) is 19.0 Å². The topological polar surface area (TPSA) is 41.1 Å². The van der Waals surface area contributed by atoms with E-state index in [1.807, 2.05) is 12.3 Å². The van der Waals surface area contributed by atoms with Gasteiger partial charge >= 0.3 is 0 Å². The van der Waals surface area contributed by atoms with Gasteiger partial charge in [-0.25, -0.2) is 4.98 Å². The van der Waals surface area contributed by atoms with Gasteiger partial charge in [0.25, 0.3) is 0 Å². The molecule has 0 aliphatic rings. The summed E-state index contributed by atoms with van der Waals surface area (Å²) in [7, 11) is 1.75. The SMILES string of the molecule is CCC(COC)N(Cc1cnc[nH]1)c1ccccc1. The number of hydrogen-bond donors (Lipinski definition) is 1. The van der Waals surface area contributed by atoms with Gasteiger partial charge in [0.1, 0.15) is 0 Å². The molecule has 19 heavy (non-hydrogen) atoms. The lowest BCUT2D eigenvalue weighted by atomic mass is 10.1. The second kappa shape index (κ2) is 6.95. The second-order valence-corrected chi connectivity index (χ2v) is 4.56. The Hall–Kier alpha value is -1.81. The number of methoxy groups -OCH3 is 1. The molecule has 1 aromatic carbocycles. The van der Waals surface area contributed by atoms with Gasteiger partial charge in [0.2, 0.25) is 0 Å². The van der Waals surface area contributed by atoms with Crippen LogP contribution in [0, 0.1) is 0 Å². The fraction of sp³-hybridized carbons (Fsp3) is 0.400. The van der Waals surface area contributed by atoms with Crippen LogP contribution in [0.5, 0.6) is 0 Å². The molecule has 1 atom stereocenters. The second-order valence-electron chi connectivity index (χ2n) is 4.56. The van der Waals surface area contributed by atoms with Gasteiger partial charge in [-0.3, -0.25) is 0 Å². The predicted octanol–water partition coefficient (Wildman–Crippen LogP) is 2.84. The van der Waals surface area contributed by atoms with Crippen LogP contribution in [0.1, 0.15) is 19.0 Å². The summed E-state index contributed by atoms with van der Waals surface area (Å²) in [5.74, 6) is 0. The molecule has 2 rings (SSSR count). The van der Waals surface area contributed by atoms with Crippen molar-refractivity contribution >= 4 is 5.69 Å². The van der Waals surface area contributed by atoms with Crippen molar-refractivity contribution in [2.45, 2.75) is 25.9 Å². The van der Waals surface area contributed by atoms with Crippen LogP contribution in [0.15, 0.2) is 42.9 Å². The van der Waals surface area contributed by atoms with Crippen molar-refractivity contribution in [1.82, 2.24) is 9.97 Å². The summed E-state index contributed by atoms with van der Waals surface area (Å²) in [6.07, 6.45) is 4.63. The first kappa shape index (κ1) is 13.6. The molecule has 0 spiro atoms. The Balaban J connectivity index is 2.21. The number of H-pyrrole nitrogens is 1. The predicted molar refractivity (Wildman–Crippen MR) is 77.2 cm³/mol. The largest absolute Gasteiger partial charge is 0.383 e. The van der Waals surface area contributed by atoms with Crippen LogP contribution in [0.4, 0.5) is 5.69 Å². The van der Waals surface area contributed by atoms with Crippen LogP contribution in [0.3, 0.4) is 0 Å². The maximum Gasteiger partial charge on any atom is 0.0922 e. The lowest BCUT2D eigenvalue weighted by Gasteiger charge is -2.32. The van der Waals surface area contributed by atoms with Crippen molar-refractivity contribution in [3.63, 3.8) is 0 Å². The number of benzene rings is 1. The van der Waals surface area contributed by atoms with Crippen LogP contribution in [0.2, 0.25) is 0 Å². The molecule has 0 fully saturated rings. The summed E-state index contributed by atoms with van der Waals surface area (Å²) in [5, 5.41) is 0. The number of nitrogens with one attached hydrogen (secondary N) is 1. The van der Waals surface area contributed by atoms with E-state index in [4.69, 9.17) is 4.74 Å². The molecule has 1 heterocycles. The highest BCUT2D eigenvalue weighted by Crippen LogP contribution is 2.20. The lowest BCUT2D eigenvalue weighted by Crippen LogP contribution is -2.37. The Kier molecular flexibility index (Phi) is 4.98.